The Bertz CT molecular complexity index is 837. The van der Waals surface area contributed by atoms with Gasteiger partial charge < -0.3 is 15.4 Å². The predicted molar refractivity (Wildman–Crippen MR) is 96.1 cm³/mol. The summed E-state index contributed by atoms with van der Waals surface area (Å²) in [5.74, 6) is -0.247. The van der Waals surface area contributed by atoms with E-state index >= 15 is 0 Å². The first-order valence-corrected chi connectivity index (χ1v) is 9.13. The fourth-order valence-corrected chi connectivity index (χ4v) is 4.01. The summed E-state index contributed by atoms with van der Waals surface area (Å²) in [5, 5.41) is 4.51. The smallest absolute Gasteiger partial charge is 0.241 e. The maximum Gasteiger partial charge on any atom is 0.241 e. The number of ether oxygens (including phenoxy) is 1. The van der Waals surface area contributed by atoms with Gasteiger partial charge in [-0.05, 0) is 31.2 Å². The summed E-state index contributed by atoms with van der Waals surface area (Å²) in [4.78, 5) is 25.1. The summed E-state index contributed by atoms with van der Waals surface area (Å²) in [6.45, 7) is 2.32. The van der Waals surface area contributed by atoms with E-state index in [0.717, 1.165) is 0 Å². The number of nitrogens with one attached hydrogen (secondary N) is 2. The Morgan fingerprint density at radius 3 is 2.72 bits per heavy atom. The lowest BCUT2D eigenvalue weighted by Gasteiger charge is -2.23. The fraction of sp³-hybridized carbons (Fsp3) is 0.222. The van der Waals surface area contributed by atoms with Crippen LogP contribution in [0.3, 0.4) is 0 Å². The van der Waals surface area contributed by atoms with Gasteiger partial charge in [0.1, 0.15) is 11.0 Å². The highest BCUT2D eigenvalue weighted by molar-refractivity contribution is 7.86. The van der Waals surface area contributed by atoms with Crippen LogP contribution in [-0.2, 0) is 20.4 Å². The Hall–Kier alpha value is -2.67. The molecule has 6 nitrogen and oxygen atoms in total. The van der Waals surface area contributed by atoms with Crippen LogP contribution < -0.4 is 15.4 Å². The van der Waals surface area contributed by atoms with Crippen molar-refractivity contribution >= 4 is 34.0 Å². The van der Waals surface area contributed by atoms with Gasteiger partial charge in [-0.2, -0.15) is 0 Å². The van der Waals surface area contributed by atoms with E-state index in [1.54, 1.807) is 48.5 Å². The van der Waals surface area contributed by atoms with Gasteiger partial charge in [0.15, 0.2) is 0 Å². The first-order chi connectivity index (χ1) is 12.1. The Labute approximate surface area is 148 Å². The van der Waals surface area contributed by atoms with Crippen molar-refractivity contribution in [3.8, 4) is 5.75 Å². The van der Waals surface area contributed by atoms with E-state index in [9.17, 15) is 13.8 Å². The molecule has 7 heteroatoms. The molecule has 0 spiro atoms. The molecule has 1 heterocycles. The van der Waals surface area contributed by atoms with Crippen LogP contribution in [-0.4, -0.2) is 27.9 Å². The van der Waals surface area contributed by atoms with Gasteiger partial charge in [-0.3, -0.25) is 13.8 Å². The third kappa shape index (κ3) is 3.71. The van der Waals surface area contributed by atoms with Gasteiger partial charge in [0.05, 0.1) is 40.1 Å². The fourth-order valence-electron chi connectivity index (χ4n) is 2.60. The molecule has 1 aliphatic rings. The van der Waals surface area contributed by atoms with Gasteiger partial charge in [0.25, 0.3) is 0 Å². The monoisotopic (exact) mass is 358 g/mol. The zero-order chi connectivity index (χ0) is 17.8. The maximum atomic E-state index is 12.6. The Balaban J connectivity index is 1.73. The molecule has 0 saturated carbocycles. The summed E-state index contributed by atoms with van der Waals surface area (Å²) in [5.41, 5.74) is 1.06. The van der Waals surface area contributed by atoms with E-state index in [1.807, 2.05) is 6.92 Å². The number of para-hydroxylation sites is 3. The zero-order valence-electron chi connectivity index (χ0n) is 13.7. The number of carbonyl (C=O) groups is 2. The normalized spacial score (nSPS) is 18.8. The molecule has 0 bridgehead atoms. The third-order valence-corrected chi connectivity index (χ3v) is 5.43. The average molecular weight is 358 g/mol. The van der Waals surface area contributed by atoms with Crippen molar-refractivity contribution < 1.29 is 18.5 Å². The molecule has 2 aromatic rings. The van der Waals surface area contributed by atoms with Gasteiger partial charge in [-0.25, -0.2) is 0 Å². The minimum Gasteiger partial charge on any atom is -0.492 e. The minimum atomic E-state index is -1.57. The lowest BCUT2D eigenvalue weighted by molar-refractivity contribution is -0.120. The molecule has 2 aromatic carbocycles. The molecule has 0 fully saturated rings. The third-order valence-electron chi connectivity index (χ3n) is 3.74. The Kier molecular flexibility index (Phi) is 5.14. The SMILES string of the molecule is CCOc1ccccc1NC(=O)C[C@H]1C(=O)Nc2ccccc2[S@]1=O. The minimum absolute atomic E-state index is 0.173. The summed E-state index contributed by atoms with van der Waals surface area (Å²) in [6, 6.07) is 14.0. The summed E-state index contributed by atoms with van der Waals surface area (Å²) >= 11 is 0. The van der Waals surface area contributed by atoms with Crippen LogP contribution in [0, 0.1) is 0 Å². The molecule has 3 rings (SSSR count). The van der Waals surface area contributed by atoms with Crippen molar-refractivity contribution in [1.29, 1.82) is 0 Å². The van der Waals surface area contributed by atoms with Crippen LogP contribution in [0.5, 0.6) is 5.75 Å². The second kappa shape index (κ2) is 7.48. The second-order valence-electron chi connectivity index (χ2n) is 5.45. The van der Waals surface area contributed by atoms with Crippen molar-refractivity contribution in [1.82, 2.24) is 0 Å². The molecule has 2 amide bonds. The molecule has 25 heavy (non-hydrogen) atoms. The molecule has 0 aliphatic carbocycles. The Morgan fingerprint density at radius 2 is 1.92 bits per heavy atom. The molecule has 2 N–H and O–H groups in total. The van der Waals surface area contributed by atoms with E-state index in [2.05, 4.69) is 10.6 Å². The standard InChI is InChI=1S/C18H18N2O4S/c1-2-24-14-9-5-3-7-12(14)19-17(21)11-16-18(22)20-13-8-4-6-10-15(13)25(16)23/h3-10,16H,2,11H2,1H3,(H,19,21)(H,20,22)/t16-,25+/m0/s1. The van der Waals surface area contributed by atoms with Crippen LogP contribution in [0.4, 0.5) is 11.4 Å². The van der Waals surface area contributed by atoms with Crippen molar-refractivity contribution in [2.45, 2.75) is 23.5 Å². The first-order valence-electron chi connectivity index (χ1n) is 7.92. The number of fused-ring (bicyclic) bond motifs is 1. The van der Waals surface area contributed by atoms with E-state index < -0.39 is 22.0 Å². The molecular weight excluding hydrogens is 340 g/mol. The first kappa shape index (κ1) is 17.2. The largest absolute Gasteiger partial charge is 0.492 e. The number of rotatable bonds is 5. The highest BCUT2D eigenvalue weighted by Gasteiger charge is 2.34. The number of hydrogen-bond acceptors (Lipinski definition) is 4. The lowest BCUT2D eigenvalue weighted by atomic mass is 10.2. The molecule has 0 unspecified atom stereocenters. The number of benzene rings is 2. The number of hydrogen-bond donors (Lipinski definition) is 2. The van der Waals surface area contributed by atoms with Crippen LogP contribution in [0.15, 0.2) is 53.4 Å². The van der Waals surface area contributed by atoms with Crippen molar-refractivity contribution in [2.75, 3.05) is 17.2 Å². The van der Waals surface area contributed by atoms with Crippen LogP contribution in [0.25, 0.3) is 0 Å². The average Bonchev–Trinajstić information content (AvgIpc) is 2.60. The van der Waals surface area contributed by atoms with Crippen LogP contribution in [0.1, 0.15) is 13.3 Å². The molecule has 130 valence electrons. The van der Waals surface area contributed by atoms with Crippen LogP contribution >= 0.6 is 0 Å². The maximum absolute atomic E-state index is 12.6. The number of carbonyl (C=O) groups excluding carboxylic acids is 2. The van der Waals surface area contributed by atoms with E-state index in [-0.39, 0.29) is 12.3 Å². The highest BCUT2D eigenvalue weighted by Crippen LogP contribution is 2.29. The molecule has 0 radical (unpaired) electrons. The van der Waals surface area contributed by atoms with Gasteiger partial charge in [0.2, 0.25) is 11.8 Å². The van der Waals surface area contributed by atoms with E-state index in [0.29, 0.717) is 28.6 Å². The van der Waals surface area contributed by atoms with Crippen molar-refractivity contribution in [3.63, 3.8) is 0 Å². The lowest BCUT2D eigenvalue weighted by Crippen LogP contribution is -2.39. The number of anilines is 2. The molecule has 1 aliphatic heterocycles. The zero-order valence-corrected chi connectivity index (χ0v) is 14.5. The predicted octanol–water partition coefficient (Wildman–Crippen LogP) is 2.54. The Morgan fingerprint density at radius 1 is 1.20 bits per heavy atom. The summed E-state index contributed by atoms with van der Waals surface area (Å²) in [6.07, 6.45) is -0.173. The van der Waals surface area contributed by atoms with Gasteiger partial charge in [-0.15, -0.1) is 0 Å². The van der Waals surface area contributed by atoms with Crippen LogP contribution in [0.2, 0.25) is 0 Å². The van der Waals surface area contributed by atoms with Gasteiger partial charge in [0, 0.05) is 0 Å². The van der Waals surface area contributed by atoms with Crippen molar-refractivity contribution in [3.05, 3.63) is 48.5 Å². The summed E-state index contributed by atoms with van der Waals surface area (Å²) in [7, 11) is -1.57. The summed E-state index contributed by atoms with van der Waals surface area (Å²) < 4.78 is 18.1. The highest BCUT2D eigenvalue weighted by atomic mass is 32.2. The topological polar surface area (TPSA) is 84.5 Å². The quantitative estimate of drug-likeness (QED) is 0.860. The van der Waals surface area contributed by atoms with Crippen molar-refractivity contribution in [2.24, 2.45) is 0 Å². The van der Waals surface area contributed by atoms with E-state index in [4.69, 9.17) is 4.74 Å². The molecular formula is C18H18N2O4S. The molecule has 0 saturated heterocycles. The van der Waals surface area contributed by atoms with Gasteiger partial charge >= 0.3 is 0 Å². The molecule has 2 atom stereocenters. The van der Waals surface area contributed by atoms with E-state index in [1.165, 1.54) is 0 Å². The van der Waals surface area contributed by atoms with Gasteiger partial charge in [-0.1, -0.05) is 24.3 Å². The second-order valence-corrected chi connectivity index (χ2v) is 7.06. The molecule has 0 aromatic heterocycles. The number of amides is 2.